The van der Waals surface area contributed by atoms with Crippen molar-refractivity contribution in [3.05, 3.63) is 64.3 Å². The third-order valence-corrected chi connectivity index (χ3v) is 6.40. The molecule has 4 heterocycles. The first-order valence-electron chi connectivity index (χ1n) is 10.2. The number of terminal acetylenes is 1. The molecule has 0 spiro atoms. The van der Waals surface area contributed by atoms with Crippen LogP contribution in [0.4, 0.5) is 10.1 Å². The fraction of sp³-hybridized carbons (Fsp3) is 0.318. The lowest BCUT2D eigenvalue weighted by atomic mass is 10.1. The smallest absolute Gasteiger partial charge is 0.280 e. The molecule has 2 fully saturated rings. The summed E-state index contributed by atoms with van der Waals surface area (Å²) in [6.45, 7) is 1.71. The zero-order valence-electron chi connectivity index (χ0n) is 17.1. The van der Waals surface area contributed by atoms with Gasteiger partial charge in [0.2, 0.25) is 5.89 Å². The molecule has 32 heavy (non-hydrogen) atoms. The van der Waals surface area contributed by atoms with Crippen LogP contribution in [0.3, 0.4) is 0 Å². The molecule has 2 aliphatic rings. The largest absolute Gasteiger partial charge is 0.371 e. The molecule has 1 unspecified atom stereocenters. The average Bonchev–Trinajstić information content (AvgIpc) is 3.20. The molecular weight excluding hydrogens is 413 g/mol. The third kappa shape index (κ3) is 2.89. The first kappa shape index (κ1) is 18.7. The van der Waals surface area contributed by atoms with Crippen LogP contribution in [0.15, 0.2) is 40.2 Å². The van der Waals surface area contributed by atoms with E-state index in [1.54, 1.807) is 17.9 Å². The van der Waals surface area contributed by atoms with Crippen LogP contribution in [-0.2, 0) is 13.6 Å². The summed E-state index contributed by atoms with van der Waals surface area (Å²) in [6.07, 6.45) is 8.42. The number of aromatic nitrogens is 6. The predicted octanol–water partition coefficient (Wildman–Crippen LogP) is 1.53. The quantitative estimate of drug-likeness (QED) is 0.452. The second-order valence-corrected chi connectivity index (χ2v) is 8.35. The Labute approximate surface area is 181 Å². The highest BCUT2D eigenvalue weighted by Gasteiger charge is 2.58. The summed E-state index contributed by atoms with van der Waals surface area (Å²) in [7, 11) is 1.75. The van der Waals surface area contributed by atoms with Crippen molar-refractivity contribution < 1.29 is 8.91 Å². The maximum atomic E-state index is 13.8. The van der Waals surface area contributed by atoms with Gasteiger partial charge < -0.3 is 14.0 Å². The lowest BCUT2D eigenvalue weighted by Gasteiger charge is -2.21. The molecule has 4 aromatic rings. The summed E-state index contributed by atoms with van der Waals surface area (Å²) in [5.41, 5.74) is 1.96. The number of nitrogens with zero attached hydrogens (tertiary/aromatic N) is 7. The predicted molar refractivity (Wildman–Crippen MR) is 112 cm³/mol. The molecule has 0 bridgehead atoms. The van der Waals surface area contributed by atoms with E-state index in [0.29, 0.717) is 40.3 Å². The fourth-order valence-electron chi connectivity index (χ4n) is 4.76. The molecule has 1 aliphatic heterocycles. The van der Waals surface area contributed by atoms with E-state index in [4.69, 9.17) is 10.9 Å². The van der Waals surface area contributed by atoms with Gasteiger partial charge in [0.15, 0.2) is 17.0 Å². The van der Waals surface area contributed by atoms with E-state index in [1.165, 1.54) is 23.0 Å². The van der Waals surface area contributed by atoms with E-state index in [2.05, 4.69) is 30.9 Å². The van der Waals surface area contributed by atoms with Gasteiger partial charge in [-0.3, -0.25) is 9.36 Å². The van der Waals surface area contributed by atoms with Crippen LogP contribution in [0.2, 0.25) is 0 Å². The number of benzene rings is 1. The molecule has 3 atom stereocenters. The highest BCUT2D eigenvalue weighted by Crippen LogP contribution is 2.57. The molecule has 10 heteroatoms. The Morgan fingerprint density at radius 2 is 2.00 bits per heavy atom. The number of hydrogen-bond acceptors (Lipinski definition) is 7. The summed E-state index contributed by atoms with van der Waals surface area (Å²) in [5, 5.41) is 4.15. The van der Waals surface area contributed by atoms with Crippen LogP contribution in [0.5, 0.6) is 0 Å². The number of piperidine rings is 1. The van der Waals surface area contributed by atoms with Gasteiger partial charge in [0.05, 0.1) is 6.33 Å². The lowest BCUT2D eigenvalue weighted by molar-refractivity contribution is 0.363. The Morgan fingerprint density at radius 3 is 2.78 bits per heavy atom. The van der Waals surface area contributed by atoms with Crippen molar-refractivity contribution in [3.63, 3.8) is 0 Å². The minimum absolute atomic E-state index is 0.145. The fourth-order valence-corrected chi connectivity index (χ4v) is 4.76. The summed E-state index contributed by atoms with van der Waals surface area (Å²) in [6, 6.07) is 4.70. The monoisotopic (exact) mass is 431 g/mol. The maximum absolute atomic E-state index is 13.8. The van der Waals surface area contributed by atoms with Crippen molar-refractivity contribution in [2.24, 2.45) is 18.9 Å². The second kappa shape index (κ2) is 6.75. The van der Waals surface area contributed by atoms with Crippen molar-refractivity contribution >= 4 is 16.9 Å². The maximum Gasteiger partial charge on any atom is 0.280 e. The van der Waals surface area contributed by atoms with Gasteiger partial charge in [0.1, 0.15) is 18.7 Å². The summed E-state index contributed by atoms with van der Waals surface area (Å²) in [4.78, 5) is 27.7. The van der Waals surface area contributed by atoms with Crippen LogP contribution in [0, 0.1) is 30.0 Å². The van der Waals surface area contributed by atoms with Crippen molar-refractivity contribution in [2.75, 3.05) is 18.0 Å². The van der Waals surface area contributed by atoms with Crippen molar-refractivity contribution in [1.82, 2.24) is 29.2 Å². The Kier molecular flexibility index (Phi) is 3.95. The third-order valence-electron chi connectivity index (χ3n) is 6.40. The molecule has 1 saturated heterocycles. The highest BCUT2D eigenvalue weighted by atomic mass is 19.1. The SMILES string of the molecule is C#Cc1cc(F)cc(N2C[C@@H]3C(c4noc(Cn5cnc6ncn(C)c6c5=O)n4)[C@@H]3C2)c1. The Bertz CT molecular complexity index is 1450. The number of aryl methyl sites for hydroxylation is 1. The van der Waals surface area contributed by atoms with E-state index in [0.717, 1.165) is 18.8 Å². The number of anilines is 1. The summed E-state index contributed by atoms with van der Waals surface area (Å²) >= 11 is 0. The van der Waals surface area contributed by atoms with E-state index in [9.17, 15) is 9.18 Å². The molecule has 0 amide bonds. The minimum atomic E-state index is -0.329. The van der Waals surface area contributed by atoms with Gasteiger partial charge in [0, 0.05) is 37.3 Å². The van der Waals surface area contributed by atoms with E-state index in [-0.39, 0.29) is 23.8 Å². The van der Waals surface area contributed by atoms with Crippen LogP contribution in [-0.4, -0.2) is 42.3 Å². The van der Waals surface area contributed by atoms with Crippen LogP contribution >= 0.6 is 0 Å². The molecule has 160 valence electrons. The molecule has 1 saturated carbocycles. The number of hydrogen-bond donors (Lipinski definition) is 0. The second-order valence-electron chi connectivity index (χ2n) is 8.35. The molecular formula is C22H18FN7O2. The Balaban J connectivity index is 1.16. The molecule has 0 radical (unpaired) electrons. The zero-order valence-corrected chi connectivity index (χ0v) is 17.1. The molecule has 9 nitrogen and oxygen atoms in total. The Morgan fingerprint density at radius 1 is 1.22 bits per heavy atom. The zero-order chi connectivity index (χ0) is 22.0. The number of rotatable bonds is 4. The van der Waals surface area contributed by atoms with E-state index in [1.807, 2.05) is 6.07 Å². The molecule has 1 aliphatic carbocycles. The van der Waals surface area contributed by atoms with Gasteiger partial charge in [-0.1, -0.05) is 11.1 Å². The summed E-state index contributed by atoms with van der Waals surface area (Å²) in [5.74, 6) is 4.15. The van der Waals surface area contributed by atoms with Crippen molar-refractivity contribution in [1.29, 1.82) is 0 Å². The lowest BCUT2D eigenvalue weighted by Crippen LogP contribution is -2.24. The molecule has 3 aromatic heterocycles. The first-order chi connectivity index (χ1) is 15.5. The van der Waals surface area contributed by atoms with E-state index >= 15 is 0 Å². The van der Waals surface area contributed by atoms with Gasteiger partial charge >= 0.3 is 0 Å². The average molecular weight is 431 g/mol. The molecule has 1 aromatic carbocycles. The van der Waals surface area contributed by atoms with Gasteiger partial charge in [-0.15, -0.1) is 6.42 Å². The number of halogens is 1. The van der Waals surface area contributed by atoms with Crippen molar-refractivity contribution in [3.8, 4) is 12.3 Å². The van der Waals surface area contributed by atoms with Crippen LogP contribution in [0.1, 0.15) is 23.2 Å². The topological polar surface area (TPSA) is 94.9 Å². The normalized spacial score (nSPS) is 21.7. The number of imidazole rings is 1. The van der Waals surface area contributed by atoms with Gasteiger partial charge in [-0.2, -0.15) is 4.98 Å². The van der Waals surface area contributed by atoms with Crippen LogP contribution in [0.25, 0.3) is 11.2 Å². The summed E-state index contributed by atoms with van der Waals surface area (Å²) < 4.78 is 22.3. The van der Waals surface area contributed by atoms with Crippen LogP contribution < -0.4 is 10.5 Å². The number of fused-ring (bicyclic) bond motifs is 2. The minimum Gasteiger partial charge on any atom is -0.371 e. The first-order valence-corrected chi connectivity index (χ1v) is 10.2. The standard InChI is InChI=1S/C22H18FN7O2/c1-3-12-4-13(23)6-14(5-12)29-7-15-16(8-29)18(15)20-26-17(32-27-20)9-30-11-25-21-19(22(30)31)28(2)10-24-21/h1,4-6,10-11,15-16,18H,7-9H2,2H3/t15-,16+,18?. The van der Waals surface area contributed by atoms with Gasteiger partial charge in [0.25, 0.3) is 5.56 Å². The molecule has 0 N–H and O–H groups in total. The van der Waals surface area contributed by atoms with Gasteiger partial charge in [-0.05, 0) is 30.0 Å². The highest BCUT2D eigenvalue weighted by molar-refractivity contribution is 5.68. The van der Waals surface area contributed by atoms with Crippen molar-refractivity contribution in [2.45, 2.75) is 12.5 Å². The molecule has 6 rings (SSSR count). The van der Waals surface area contributed by atoms with Gasteiger partial charge in [-0.25, -0.2) is 14.4 Å². The van der Waals surface area contributed by atoms with E-state index < -0.39 is 0 Å². The Hall–Kier alpha value is -4.00.